The molecule has 0 aliphatic heterocycles. The molecule has 0 amide bonds. The van der Waals surface area contributed by atoms with Crippen LogP contribution in [0.2, 0.25) is 0 Å². The Morgan fingerprint density at radius 2 is 2.05 bits per heavy atom. The van der Waals surface area contributed by atoms with Crippen molar-refractivity contribution < 1.29 is 18.3 Å². The molecule has 1 aromatic carbocycles. The zero-order valence-electron chi connectivity index (χ0n) is 10.5. The van der Waals surface area contributed by atoms with Gasteiger partial charge in [0.25, 0.3) is 10.0 Å². The Labute approximate surface area is 137 Å². The predicted molar refractivity (Wildman–Crippen MR) is 82.8 cm³/mol. The van der Waals surface area contributed by atoms with E-state index in [9.17, 15) is 18.3 Å². The molecule has 0 saturated heterocycles. The molecule has 0 unspecified atom stereocenters. The lowest BCUT2D eigenvalue weighted by molar-refractivity contribution is 0.0698. The SMILES string of the molecule is Cn1nccc1S(=O)(=O)Nc1c(Br)cc(Br)cc1C(=O)O. The number of benzene rings is 1. The molecule has 2 aromatic rings. The van der Waals surface area contributed by atoms with Crippen molar-refractivity contribution in [2.24, 2.45) is 7.05 Å². The molecule has 0 atom stereocenters. The summed E-state index contributed by atoms with van der Waals surface area (Å²) in [4.78, 5) is 11.3. The minimum absolute atomic E-state index is 0.0492. The van der Waals surface area contributed by atoms with Crippen LogP contribution in [0.15, 0.2) is 38.4 Å². The van der Waals surface area contributed by atoms with Gasteiger partial charge in [-0.05, 0) is 34.1 Å². The number of rotatable bonds is 4. The van der Waals surface area contributed by atoms with Gasteiger partial charge in [-0.25, -0.2) is 4.79 Å². The molecule has 10 heteroatoms. The number of anilines is 1. The number of nitrogens with zero attached hydrogens (tertiary/aromatic N) is 2. The second-order valence-electron chi connectivity index (χ2n) is 4.01. The van der Waals surface area contributed by atoms with E-state index in [2.05, 4.69) is 41.7 Å². The third-order valence-electron chi connectivity index (χ3n) is 2.57. The highest BCUT2D eigenvalue weighted by atomic mass is 79.9. The van der Waals surface area contributed by atoms with E-state index < -0.39 is 16.0 Å². The number of hydrogen-bond acceptors (Lipinski definition) is 4. The van der Waals surface area contributed by atoms with Crippen LogP contribution in [0.25, 0.3) is 0 Å². The molecule has 2 rings (SSSR count). The van der Waals surface area contributed by atoms with Gasteiger partial charge < -0.3 is 5.11 Å². The number of nitrogens with one attached hydrogen (secondary N) is 1. The average Bonchev–Trinajstić information content (AvgIpc) is 2.79. The van der Waals surface area contributed by atoms with Crippen LogP contribution in [-0.2, 0) is 17.1 Å². The molecule has 0 bridgehead atoms. The van der Waals surface area contributed by atoms with Crippen LogP contribution in [-0.4, -0.2) is 29.3 Å². The number of aromatic carboxylic acids is 1. The van der Waals surface area contributed by atoms with Crippen LogP contribution in [0.1, 0.15) is 10.4 Å². The summed E-state index contributed by atoms with van der Waals surface area (Å²) >= 11 is 6.32. The molecule has 0 radical (unpaired) electrons. The number of carboxylic acids is 1. The van der Waals surface area contributed by atoms with Gasteiger partial charge in [0, 0.05) is 16.0 Å². The molecule has 112 valence electrons. The summed E-state index contributed by atoms with van der Waals surface area (Å²) in [7, 11) is -2.47. The van der Waals surface area contributed by atoms with Crippen LogP contribution in [0, 0.1) is 0 Å². The maximum Gasteiger partial charge on any atom is 0.337 e. The summed E-state index contributed by atoms with van der Waals surface area (Å²) in [6, 6.07) is 4.18. The minimum atomic E-state index is -3.95. The maximum atomic E-state index is 12.3. The van der Waals surface area contributed by atoms with E-state index in [1.54, 1.807) is 6.07 Å². The van der Waals surface area contributed by atoms with Crippen molar-refractivity contribution in [3.63, 3.8) is 0 Å². The molecule has 7 nitrogen and oxygen atoms in total. The van der Waals surface area contributed by atoms with Gasteiger partial charge in [0.1, 0.15) is 0 Å². The maximum absolute atomic E-state index is 12.3. The smallest absolute Gasteiger partial charge is 0.337 e. The first-order valence-corrected chi connectivity index (χ1v) is 8.52. The van der Waals surface area contributed by atoms with Crippen molar-refractivity contribution in [1.82, 2.24) is 9.78 Å². The van der Waals surface area contributed by atoms with E-state index in [1.165, 1.54) is 30.1 Å². The summed E-state index contributed by atoms with van der Waals surface area (Å²) in [6.07, 6.45) is 1.34. The number of halogens is 2. The summed E-state index contributed by atoms with van der Waals surface area (Å²) in [5, 5.41) is 12.9. The molecule has 0 saturated carbocycles. The fourth-order valence-electron chi connectivity index (χ4n) is 1.66. The molecule has 0 spiro atoms. The number of hydrogen-bond donors (Lipinski definition) is 2. The Hall–Kier alpha value is -1.39. The van der Waals surface area contributed by atoms with Crippen LogP contribution in [0.3, 0.4) is 0 Å². The quantitative estimate of drug-likeness (QED) is 0.763. The second-order valence-corrected chi connectivity index (χ2v) is 7.41. The lowest BCUT2D eigenvalue weighted by atomic mass is 10.2. The Morgan fingerprint density at radius 3 is 2.57 bits per heavy atom. The van der Waals surface area contributed by atoms with Crippen LogP contribution >= 0.6 is 31.9 Å². The van der Waals surface area contributed by atoms with E-state index in [0.717, 1.165) is 0 Å². The number of sulfonamides is 1. The van der Waals surface area contributed by atoms with Crippen molar-refractivity contribution in [2.45, 2.75) is 5.03 Å². The number of aryl methyl sites for hydroxylation is 1. The molecular weight excluding hydrogens is 430 g/mol. The lowest BCUT2D eigenvalue weighted by Gasteiger charge is -2.13. The molecule has 0 aliphatic rings. The zero-order valence-corrected chi connectivity index (χ0v) is 14.5. The standard InChI is InChI=1S/C11H9Br2N3O4S/c1-16-9(2-3-14-16)21(19,20)15-10-7(11(17)18)4-6(12)5-8(10)13/h2-5,15H,1H3,(H,17,18). The van der Waals surface area contributed by atoms with Gasteiger partial charge in [-0.1, -0.05) is 15.9 Å². The van der Waals surface area contributed by atoms with Gasteiger partial charge in [-0.3, -0.25) is 9.40 Å². The average molecular weight is 439 g/mol. The minimum Gasteiger partial charge on any atom is -0.478 e. The van der Waals surface area contributed by atoms with E-state index in [-0.39, 0.29) is 16.3 Å². The topological polar surface area (TPSA) is 101 Å². The zero-order chi connectivity index (χ0) is 15.8. The Balaban J connectivity index is 2.54. The molecular formula is C11H9Br2N3O4S. The monoisotopic (exact) mass is 437 g/mol. The van der Waals surface area contributed by atoms with Crippen molar-refractivity contribution in [3.05, 3.63) is 38.9 Å². The van der Waals surface area contributed by atoms with E-state index >= 15 is 0 Å². The summed E-state index contributed by atoms with van der Waals surface area (Å²) in [6.45, 7) is 0. The Morgan fingerprint density at radius 1 is 1.38 bits per heavy atom. The van der Waals surface area contributed by atoms with Gasteiger partial charge in [-0.15, -0.1) is 0 Å². The van der Waals surface area contributed by atoms with Crippen molar-refractivity contribution in [3.8, 4) is 0 Å². The third kappa shape index (κ3) is 3.27. The first-order valence-electron chi connectivity index (χ1n) is 5.45. The Bertz CT molecular complexity index is 817. The fourth-order valence-corrected chi connectivity index (χ4v) is 4.34. The van der Waals surface area contributed by atoms with Crippen molar-refractivity contribution >= 4 is 53.5 Å². The molecule has 1 aromatic heterocycles. The molecule has 1 heterocycles. The lowest BCUT2D eigenvalue weighted by Crippen LogP contribution is -2.19. The summed E-state index contributed by atoms with van der Waals surface area (Å²) in [5.74, 6) is -1.25. The number of carboxylic acid groups (broad SMARTS) is 1. The van der Waals surface area contributed by atoms with Crippen molar-refractivity contribution in [2.75, 3.05) is 4.72 Å². The molecule has 2 N–H and O–H groups in total. The highest BCUT2D eigenvalue weighted by Gasteiger charge is 2.23. The van der Waals surface area contributed by atoms with Crippen LogP contribution < -0.4 is 4.72 Å². The molecule has 21 heavy (non-hydrogen) atoms. The largest absolute Gasteiger partial charge is 0.478 e. The van der Waals surface area contributed by atoms with Crippen LogP contribution in [0.5, 0.6) is 0 Å². The Kier molecular flexibility index (Phi) is 4.40. The number of carbonyl (C=O) groups is 1. The second kappa shape index (κ2) is 5.78. The highest BCUT2D eigenvalue weighted by molar-refractivity contribution is 9.11. The van der Waals surface area contributed by atoms with Gasteiger partial charge in [0.15, 0.2) is 5.03 Å². The first-order chi connectivity index (χ1) is 9.72. The van der Waals surface area contributed by atoms with Gasteiger partial charge in [-0.2, -0.15) is 13.5 Å². The molecule has 0 aliphatic carbocycles. The van der Waals surface area contributed by atoms with E-state index in [0.29, 0.717) is 8.95 Å². The normalized spacial score (nSPS) is 11.4. The van der Waals surface area contributed by atoms with Crippen molar-refractivity contribution in [1.29, 1.82) is 0 Å². The van der Waals surface area contributed by atoms with E-state index in [4.69, 9.17) is 0 Å². The fraction of sp³-hybridized carbons (Fsp3) is 0.0909. The third-order valence-corrected chi connectivity index (χ3v) is 5.08. The van der Waals surface area contributed by atoms with Crippen LogP contribution in [0.4, 0.5) is 5.69 Å². The summed E-state index contributed by atoms with van der Waals surface area (Å²) in [5.41, 5.74) is -0.228. The summed E-state index contributed by atoms with van der Waals surface area (Å²) < 4.78 is 28.9. The number of aromatic nitrogens is 2. The highest BCUT2D eigenvalue weighted by Crippen LogP contribution is 2.32. The molecule has 0 fully saturated rings. The van der Waals surface area contributed by atoms with Gasteiger partial charge in [0.05, 0.1) is 17.4 Å². The van der Waals surface area contributed by atoms with Gasteiger partial charge in [0.2, 0.25) is 0 Å². The first kappa shape index (κ1) is 16.0. The van der Waals surface area contributed by atoms with E-state index in [1.807, 2.05) is 0 Å². The predicted octanol–water partition coefficient (Wildman–Crippen LogP) is 2.44. The van der Waals surface area contributed by atoms with Gasteiger partial charge >= 0.3 is 5.97 Å².